The maximum absolute atomic E-state index is 5.93. The summed E-state index contributed by atoms with van der Waals surface area (Å²) in [6.07, 6.45) is 1.54. The lowest BCUT2D eigenvalue weighted by molar-refractivity contribution is 0.412. The lowest BCUT2D eigenvalue weighted by Crippen LogP contribution is -2.08. The molecule has 6 heteroatoms. The molecule has 0 saturated heterocycles. The van der Waals surface area contributed by atoms with Crippen LogP contribution in [0.1, 0.15) is 18.3 Å². The summed E-state index contributed by atoms with van der Waals surface area (Å²) in [7, 11) is 0. The van der Waals surface area contributed by atoms with Gasteiger partial charge in [0.25, 0.3) is 0 Å². The van der Waals surface area contributed by atoms with Gasteiger partial charge < -0.3 is 15.6 Å². The van der Waals surface area contributed by atoms with Gasteiger partial charge in [0, 0.05) is 12.6 Å². The van der Waals surface area contributed by atoms with Gasteiger partial charge in [0.15, 0.2) is 0 Å². The Morgan fingerprint density at radius 2 is 2.38 bits per heavy atom. The Balaban J connectivity index is 2.14. The van der Waals surface area contributed by atoms with E-state index in [9.17, 15) is 0 Å². The lowest BCUT2D eigenvalue weighted by Gasteiger charge is -2.07. The molecule has 2 heterocycles. The molecule has 0 radical (unpaired) electrons. The zero-order valence-electron chi connectivity index (χ0n) is 9.40. The zero-order valence-corrected chi connectivity index (χ0v) is 9.40. The van der Waals surface area contributed by atoms with E-state index in [1.165, 1.54) is 0 Å². The molecule has 16 heavy (non-hydrogen) atoms. The first kappa shape index (κ1) is 10.5. The summed E-state index contributed by atoms with van der Waals surface area (Å²) in [6, 6.07) is 1.81. The van der Waals surface area contributed by atoms with Crippen molar-refractivity contribution in [3.8, 4) is 0 Å². The van der Waals surface area contributed by atoms with E-state index in [-0.39, 0.29) is 0 Å². The minimum absolute atomic E-state index is 0.575. The molecular weight excluding hydrogens is 206 g/mol. The van der Waals surface area contributed by atoms with Crippen molar-refractivity contribution in [2.45, 2.75) is 26.9 Å². The minimum atomic E-state index is 0.575. The van der Waals surface area contributed by atoms with Crippen molar-refractivity contribution in [2.24, 2.45) is 0 Å². The number of hydrogen-bond acceptors (Lipinski definition) is 5. The molecule has 0 aromatic carbocycles. The molecule has 2 rings (SSSR count). The van der Waals surface area contributed by atoms with Crippen molar-refractivity contribution < 1.29 is 4.52 Å². The fourth-order valence-corrected chi connectivity index (χ4v) is 1.51. The highest BCUT2D eigenvalue weighted by molar-refractivity contribution is 5.64. The van der Waals surface area contributed by atoms with Crippen LogP contribution in [0.3, 0.4) is 0 Å². The van der Waals surface area contributed by atoms with Crippen LogP contribution in [0.2, 0.25) is 0 Å². The predicted molar refractivity (Wildman–Crippen MR) is 60.9 cm³/mol. The minimum Gasteiger partial charge on any atom is -0.394 e. The van der Waals surface area contributed by atoms with Gasteiger partial charge in [-0.1, -0.05) is 5.16 Å². The van der Waals surface area contributed by atoms with Gasteiger partial charge >= 0.3 is 0 Å². The molecular formula is C10H15N5O. The van der Waals surface area contributed by atoms with E-state index >= 15 is 0 Å². The number of rotatable bonds is 4. The quantitative estimate of drug-likeness (QED) is 0.815. The van der Waals surface area contributed by atoms with Gasteiger partial charge in [-0.05, 0) is 13.8 Å². The van der Waals surface area contributed by atoms with Gasteiger partial charge in [-0.2, -0.15) is 5.10 Å². The van der Waals surface area contributed by atoms with Crippen LogP contribution < -0.4 is 11.1 Å². The van der Waals surface area contributed by atoms with Gasteiger partial charge in [0.1, 0.15) is 17.8 Å². The molecule has 3 N–H and O–H groups in total. The molecule has 2 aromatic heterocycles. The maximum atomic E-state index is 5.93. The fraction of sp³-hybridized carbons (Fsp3) is 0.400. The average Bonchev–Trinajstić information content (AvgIpc) is 2.87. The van der Waals surface area contributed by atoms with Crippen molar-refractivity contribution >= 4 is 11.5 Å². The van der Waals surface area contributed by atoms with Crippen molar-refractivity contribution in [3.63, 3.8) is 0 Å². The largest absolute Gasteiger partial charge is 0.394 e. The Hall–Kier alpha value is -1.98. The highest BCUT2D eigenvalue weighted by Crippen LogP contribution is 2.22. The first-order valence-electron chi connectivity index (χ1n) is 5.18. The standard InChI is InChI=1S/C10H15N5O/c1-3-15-10(9(11)7(2)13-15)12-6-8-4-5-16-14-8/h4-5,12H,3,6,11H2,1-2H3. The molecule has 0 unspecified atom stereocenters. The van der Waals surface area contributed by atoms with Crippen molar-refractivity contribution in [3.05, 3.63) is 23.7 Å². The summed E-state index contributed by atoms with van der Waals surface area (Å²) in [5.41, 5.74) is 8.29. The number of nitrogen functional groups attached to an aromatic ring is 1. The number of nitrogens with one attached hydrogen (secondary N) is 1. The highest BCUT2D eigenvalue weighted by atomic mass is 16.5. The molecule has 0 atom stereocenters. The number of aromatic nitrogens is 3. The first-order valence-corrected chi connectivity index (χ1v) is 5.18. The average molecular weight is 221 g/mol. The summed E-state index contributed by atoms with van der Waals surface area (Å²) in [4.78, 5) is 0. The highest BCUT2D eigenvalue weighted by Gasteiger charge is 2.11. The van der Waals surface area contributed by atoms with Crippen LogP contribution in [0.25, 0.3) is 0 Å². The molecule has 0 aliphatic heterocycles. The summed E-state index contributed by atoms with van der Waals surface area (Å²) in [6.45, 7) is 5.26. The molecule has 2 aromatic rings. The van der Waals surface area contributed by atoms with E-state index in [4.69, 9.17) is 10.3 Å². The van der Waals surface area contributed by atoms with Crippen LogP contribution in [0.15, 0.2) is 16.9 Å². The third kappa shape index (κ3) is 1.86. The fourth-order valence-electron chi connectivity index (χ4n) is 1.51. The van der Waals surface area contributed by atoms with Crippen molar-refractivity contribution in [2.75, 3.05) is 11.1 Å². The number of hydrogen-bond donors (Lipinski definition) is 2. The van der Waals surface area contributed by atoms with E-state index < -0.39 is 0 Å². The lowest BCUT2D eigenvalue weighted by atomic mass is 10.3. The number of nitrogens with zero attached hydrogens (tertiary/aromatic N) is 3. The van der Waals surface area contributed by atoms with Crippen LogP contribution in [-0.4, -0.2) is 14.9 Å². The van der Waals surface area contributed by atoms with E-state index in [0.29, 0.717) is 12.2 Å². The topological polar surface area (TPSA) is 81.9 Å². The predicted octanol–water partition coefficient (Wildman–Crippen LogP) is 1.39. The molecule has 0 fully saturated rings. The third-order valence-electron chi connectivity index (χ3n) is 2.40. The Kier molecular flexibility index (Phi) is 2.80. The molecule has 0 aliphatic rings. The van der Waals surface area contributed by atoms with Gasteiger partial charge in [-0.25, -0.2) is 4.68 Å². The molecule has 86 valence electrons. The first-order chi connectivity index (χ1) is 7.72. The van der Waals surface area contributed by atoms with E-state index in [0.717, 1.165) is 23.8 Å². The third-order valence-corrected chi connectivity index (χ3v) is 2.40. The van der Waals surface area contributed by atoms with Crippen LogP contribution in [0.4, 0.5) is 11.5 Å². The van der Waals surface area contributed by atoms with E-state index in [1.54, 1.807) is 6.26 Å². The normalized spacial score (nSPS) is 10.6. The van der Waals surface area contributed by atoms with Gasteiger partial charge in [-0.15, -0.1) is 0 Å². The Labute approximate surface area is 93.4 Å². The second-order valence-corrected chi connectivity index (χ2v) is 3.51. The molecule has 0 amide bonds. The van der Waals surface area contributed by atoms with Gasteiger partial charge in [0.2, 0.25) is 0 Å². The van der Waals surface area contributed by atoms with Crippen LogP contribution in [-0.2, 0) is 13.1 Å². The number of anilines is 2. The van der Waals surface area contributed by atoms with Crippen molar-refractivity contribution in [1.82, 2.24) is 14.9 Å². The number of nitrogens with two attached hydrogens (primary N) is 1. The van der Waals surface area contributed by atoms with Crippen LogP contribution >= 0.6 is 0 Å². The molecule has 0 aliphatic carbocycles. The Morgan fingerprint density at radius 3 is 3.00 bits per heavy atom. The van der Waals surface area contributed by atoms with Crippen LogP contribution in [0.5, 0.6) is 0 Å². The van der Waals surface area contributed by atoms with Crippen LogP contribution in [0, 0.1) is 6.92 Å². The Morgan fingerprint density at radius 1 is 1.56 bits per heavy atom. The zero-order chi connectivity index (χ0) is 11.5. The van der Waals surface area contributed by atoms with E-state index in [2.05, 4.69) is 15.6 Å². The molecule has 6 nitrogen and oxygen atoms in total. The SMILES string of the molecule is CCn1nc(C)c(N)c1NCc1ccon1. The summed E-state index contributed by atoms with van der Waals surface area (Å²) in [5, 5.41) is 11.3. The molecule has 0 bridgehead atoms. The summed E-state index contributed by atoms with van der Waals surface area (Å²) >= 11 is 0. The second-order valence-electron chi connectivity index (χ2n) is 3.51. The maximum Gasteiger partial charge on any atom is 0.148 e. The second kappa shape index (κ2) is 4.26. The number of aryl methyl sites for hydroxylation is 2. The monoisotopic (exact) mass is 221 g/mol. The summed E-state index contributed by atoms with van der Waals surface area (Å²) in [5.74, 6) is 0.836. The smallest absolute Gasteiger partial charge is 0.148 e. The van der Waals surface area contributed by atoms with Crippen molar-refractivity contribution in [1.29, 1.82) is 0 Å². The summed E-state index contributed by atoms with van der Waals surface area (Å²) < 4.78 is 6.59. The molecule has 0 spiro atoms. The van der Waals surface area contributed by atoms with Gasteiger partial charge in [0.05, 0.1) is 17.9 Å². The molecule has 0 saturated carbocycles. The van der Waals surface area contributed by atoms with Gasteiger partial charge in [-0.3, -0.25) is 0 Å². The van der Waals surface area contributed by atoms with E-state index in [1.807, 2.05) is 24.6 Å². The Bertz CT molecular complexity index is 460.